The zero-order valence-corrected chi connectivity index (χ0v) is 19.2. The summed E-state index contributed by atoms with van der Waals surface area (Å²) in [6.07, 6.45) is 5.41. The summed E-state index contributed by atoms with van der Waals surface area (Å²) in [5, 5.41) is 1.30. The molecule has 1 amide bonds. The smallest absolute Gasteiger partial charge is 0.410 e. The number of carbonyl (C=O) groups excluding carboxylic acids is 1. The van der Waals surface area contributed by atoms with E-state index in [1.54, 1.807) is 0 Å². The Bertz CT molecular complexity index is 1060. The van der Waals surface area contributed by atoms with Gasteiger partial charge in [-0.05, 0) is 80.8 Å². The van der Waals surface area contributed by atoms with Gasteiger partial charge in [-0.3, -0.25) is 4.98 Å². The summed E-state index contributed by atoms with van der Waals surface area (Å²) in [5.41, 5.74) is 5.79. The van der Waals surface area contributed by atoms with Crippen LogP contribution in [-0.2, 0) is 4.74 Å². The van der Waals surface area contributed by atoms with E-state index in [1.807, 2.05) is 38.1 Å². The second-order valence-electron chi connectivity index (χ2n) is 9.85. The lowest BCUT2D eigenvalue weighted by atomic mass is 9.87. The minimum absolute atomic E-state index is 0.198. The molecule has 0 bridgehead atoms. The molecule has 3 aromatic rings. The first kappa shape index (κ1) is 21.4. The second kappa shape index (κ2) is 8.37. The number of nitrogens with one attached hydrogen (secondary N) is 1. The van der Waals surface area contributed by atoms with Crippen LogP contribution in [0.4, 0.5) is 4.79 Å². The predicted octanol–water partition coefficient (Wildman–Crippen LogP) is 6.47. The number of carbonyl (C=O) groups is 1. The molecule has 5 nitrogen and oxygen atoms in total. The van der Waals surface area contributed by atoms with Crippen LogP contribution in [0.5, 0.6) is 0 Å². The number of hydrogen-bond acceptors (Lipinski definition) is 3. The zero-order chi connectivity index (χ0) is 22.2. The SMILES string of the molecule is CC(C)c1c(-c2ccncc2)[nH]c2ccc(C3CCN(C(=O)OC(C)(C)C)CC3)cc12. The Kier molecular flexibility index (Phi) is 5.78. The highest BCUT2D eigenvalue weighted by Crippen LogP contribution is 2.38. The average molecular weight is 420 g/mol. The zero-order valence-electron chi connectivity index (χ0n) is 19.2. The summed E-state index contributed by atoms with van der Waals surface area (Å²) in [4.78, 5) is 22.0. The number of pyridine rings is 1. The van der Waals surface area contributed by atoms with Gasteiger partial charge in [-0.1, -0.05) is 19.9 Å². The van der Waals surface area contributed by atoms with Crippen LogP contribution in [0.1, 0.15) is 70.4 Å². The summed E-state index contributed by atoms with van der Waals surface area (Å²) >= 11 is 0. The number of aromatic nitrogens is 2. The van der Waals surface area contributed by atoms with Crippen molar-refractivity contribution < 1.29 is 9.53 Å². The molecule has 3 heterocycles. The van der Waals surface area contributed by atoms with Crippen molar-refractivity contribution in [3.8, 4) is 11.3 Å². The number of aromatic amines is 1. The van der Waals surface area contributed by atoms with Gasteiger partial charge in [-0.25, -0.2) is 4.79 Å². The largest absolute Gasteiger partial charge is 0.444 e. The van der Waals surface area contributed by atoms with Crippen LogP contribution in [0.3, 0.4) is 0 Å². The monoisotopic (exact) mass is 419 g/mol. The number of likely N-dealkylation sites (tertiary alicyclic amines) is 1. The molecule has 0 aliphatic carbocycles. The van der Waals surface area contributed by atoms with Gasteiger partial charge >= 0.3 is 6.09 Å². The Morgan fingerprint density at radius 3 is 2.42 bits per heavy atom. The number of piperidine rings is 1. The van der Waals surface area contributed by atoms with Crippen molar-refractivity contribution in [3.05, 3.63) is 53.9 Å². The third-order valence-corrected chi connectivity index (χ3v) is 6.03. The minimum atomic E-state index is -0.451. The fourth-order valence-electron chi connectivity index (χ4n) is 4.55. The topological polar surface area (TPSA) is 58.2 Å². The highest BCUT2D eigenvalue weighted by Gasteiger charge is 2.28. The molecule has 0 atom stereocenters. The molecule has 1 aliphatic heterocycles. The van der Waals surface area contributed by atoms with E-state index in [1.165, 1.54) is 33.3 Å². The van der Waals surface area contributed by atoms with Crippen LogP contribution < -0.4 is 0 Å². The van der Waals surface area contributed by atoms with Crippen molar-refractivity contribution in [1.29, 1.82) is 0 Å². The maximum absolute atomic E-state index is 12.4. The van der Waals surface area contributed by atoms with Crippen LogP contribution in [0.2, 0.25) is 0 Å². The van der Waals surface area contributed by atoms with Crippen molar-refractivity contribution in [3.63, 3.8) is 0 Å². The molecule has 1 fully saturated rings. The quantitative estimate of drug-likeness (QED) is 0.529. The summed E-state index contributed by atoms with van der Waals surface area (Å²) in [6, 6.07) is 10.9. The molecule has 1 saturated heterocycles. The van der Waals surface area contributed by atoms with Gasteiger partial charge in [0.15, 0.2) is 0 Å². The highest BCUT2D eigenvalue weighted by molar-refractivity contribution is 5.92. The van der Waals surface area contributed by atoms with Crippen molar-refractivity contribution in [1.82, 2.24) is 14.9 Å². The molecule has 0 saturated carbocycles. The van der Waals surface area contributed by atoms with Gasteiger partial charge in [0.05, 0.1) is 5.69 Å². The fourth-order valence-corrected chi connectivity index (χ4v) is 4.55. The maximum atomic E-state index is 12.4. The van der Waals surface area contributed by atoms with Crippen LogP contribution in [-0.4, -0.2) is 39.7 Å². The second-order valence-corrected chi connectivity index (χ2v) is 9.85. The third-order valence-electron chi connectivity index (χ3n) is 6.03. The Balaban J connectivity index is 1.58. The van der Waals surface area contributed by atoms with E-state index in [-0.39, 0.29) is 6.09 Å². The van der Waals surface area contributed by atoms with E-state index in [4.69, 9.17) is 4.74 Å². The summed E-state index contributed by atoms with van der Waals surface area (Å²) in [5.74, 6) is 0.864. The van der Waals surface area contributed by atoms with E-state index in [0.29, 0.717) is 11.8 Å². The molecule has 0 radical (unpaired) electrons. The highest BCUT2D eigenvalue weighted by atomic mass is 16.6. The van der Waals surface area contributed by atoms with E-state index in [0.717, 1.165) is 25.9 Å². The average Bonchev–Trinajstić information content (AvgIpc) is 3.12. The van der Waals surface area contributed by atoms with Crippen molar-refractivity contribution in [2.75, 3.05) is 13.1 Å². The van der Waals surface area contributed by atoms with Gasteiger partial charge in [0.2, 0.25) is 0 Å². The van der Waals surface area contributed by atoms with Crippen LogP contribution >= 0.6 is 0 Å². The summed E-state index contributed by atoms with van der Waals surface area (Å²) < 4.78 is 5.54. The fraction of sp³-hybridized carbons (Fsp3) is 0.462. The first-order valence-corrected chi connectivity index (χ1v) is 11.3. The lowest BCUT2D eigenvalue weighted by molar-refractivity contribution is 0.0205. The first-order chi connectivity index (χ1) is 14.7. The Morgan fingerprint density at radius 2 is 1.81 bits per heavy atom. The number of fused-ring (bicyclic) bond motifs is 1. The molecule has 4 rings (SSSR count). The van der Waals surface area contributed by atoms with Crippen LogP contribution in [0.15, 0.2) is 42.7 Å². The van der Waals surface area contributed by atoms with Crippen molar-refractivity contribution >= 4 is 17.0 Å². The van der Waals surface area contributed by atoms with E-state index >= 15 is 0 Å². The summed E-state index contributed by atoms with van der Waals surface area (Å²) in [6.45, 7) is 11.7. The Labute approximate surface area is 184 Å². The van der Waals surface area contributed by atoms with Crippen molar-refractivity contribution in [2.45, 2.75) is 64.9 Å². The standard InChI is InChI=1S/C26H33N3O2/c1-17(2)23-21-16-20(6-7-22(21)28-24(23)19-8-12-27-13-9-19)18-10-14-29(15-11-18)25(30)31-26(3,4)5/h6-9,12-13,16-18,28H,10-11,14-15H2,1-5H3. The lowest BCUT2D eigenvalue weighted by Gasteiger charge is -2.33. The molecule has 1 aliphatic rings. The minimum Gasteiger partial charge on any atom is -0.444 e. The number of amides is 1. The normalized spacial score (nSPS) is 15.6. The number of ether oxygens (including phenoxy) is 1. The number of benzene rings is 1. The molecule has 2 aromatic heterocycles. The molecule has 0 spiro atoms. The van der Waals surface area contributed by atoms with Gasteiger partial charge in [0.1, 0.15) is 5.60 Å². The van der Waals surface area contributed by atoms with Gasteiger partial charge in [0, 0.05) is 41.9 Å². The van der Waals surface area contributed by atoms with Gasteiger partial charge in [-0.15, -0.1) is 0 Å². The first-order valence-electron chi connectivity index (χ1n) is 11.3. The maximum Gasteiger partial charge on any atom is 0.410 e. The Hall–Kier alpha value is -2.82. The number of H-pyrrole nitrogens is 1. The molecule has 164 valence electrons. The van der Waals surface area contributed by atoms with Gasteiger partial charge in [-0.2, -0.15) is 0 Å². The van der Waals surface area contributed by atoms with Crippen LogP contribution in [0, 0.1) is 0 Å². The molecular weight excluding hydrogens is 386 g/mol. The molecule has 5 heteroatoms. The number of rotatable bonds is 3. The van der Waals surface area contributed by atoms with E-state index in [9.17, 15) is 4.79 Å². The van der Waals surface area contributed by atoms with Crippen molar-refractivity contribution in [2.24, 2.45) is 0 Å². The number of hydrogen-bond donors (Lipinski definition) is 1. The predicted molar refractivity (Wildman–Crippen MR) is 125 cm³/mol. The van der Waals surface area contributed by atoms with Gasteiger partial charge in [0.25, 0.3) is 0 Å². The van der Waals surface area contributed by atoms with Crippen LogP contribution in [0.25, 0.3) is 22.2 Å². The molecule has 31 heavy (non-hydrogen) atoms. The molecular formula is C26H33N3O2. The summed E-state index contributed by atoms with van der Waals surface area (Å²) in [7, 11) is 0. The molecule has 1 N–H and O–H groups in total. The van der Waals surface area contributed by atoms with E-state index in [2.05, 4.69) is 54.1 Å². The lowest BCUT2D eigenvalue weighted by Crippen LogP contribution is -2.41. The molecule has 0 unspecified atom stereocenters. The molecule has 1 aromatic carbocycles. The third kappa shape index (κ3) is 4.60. The van der Waals surface area contributed by atoms with Gasteiger partial charge < -0.3 is 14.6 Å². The van der Waals surface area contributed by atoms with E-state index < -0.39 is 5.60 Å². The Morgan fingerprint density at radius 1 is 1.13 bits per heavy atom. The number of nitrogens with zero attached hydrogens (tertiary/aromatic N) is 2.